The van der Waals surface area contributed by atoms with E-state index >= 15 is 0 Å². The number of hydrogen-bond acceptors (Lipinski definition) is 3. The molecule has 0 unspecified atom stereocenters. The molecule has 0 bridgehead atoms. The van der Waals surface area contributed by atoms with Gasteiger partial charge in [-0.3, -0.25) is 9.59 Å². The highest BCUT2D eigenvalue weighted by Crippen LogP contribution is 2.05. The highest BCUT2D eigenvalue weighted by molar-refractivity contribution is 5.69. The van der Waals surface area contributed by atoms with Crippen molar-refractivity contribution in [3.63, 3.8) is 0 Å². The lowest BCUT2D eigenvalue weighted by molar-refractivity contribution is -0.143. The van der Waals surface area contributed by atoms with E-state index in [4.69, 9.17) is 9.84 Å². The molecule has 0 amide bonds. The van der Waals surface area contributed by atoms with Crippen molar-refractivity contribution in [2.45, 2.75) is 45.4 Å². The molecule has 0 aliphatic carbocycles. The van der Waals surface area contributed by atoms with Crippen LogP contribution in [-0.4, -0.2) is 23.7 Å². The zero-order valence-corrected chi connectivity index (χ0v) is 8.62. The van der Waals surface area contributed by atoms with Crippen LogP contribution in [0.1, 0.15) is 45.4 Å². The molecule has 0 aliphatic heterocycles. The topological polar surface area (TPSA) is 63.6 Å². The van der Waals surface area contributed by atoms with Gasteiger partial charge in [0, 0.05) is 12.8 Å². The molecule has 1 N–H and O–H groups in total. The molecule has 0 aromatic rings. The van der Waals surface area contributed by atoms with E-state index < -0.39 is 5.97 Å². The average molecular weight is 202 g/mol. The van der Waals surface area contributed by atoms with E-state index in [1.54, 1.807) is 6.92 Å². The minimum absolute atomic E-state index is 0.161. The smallest absolute Gasteiger partial charge is 0.305 e. The second kappa shape index (κ2) is 8.53. The third kappa shape index (κ3) is 9.03. The van der Waals surface area contributed by atoms with Crippen molar-refractivity contribution >= 4 is 11.9 Å². The summed E-state index contributed by atoms with van der Waals surface area (Å²) in [5, 5.41) is 8.35. The van der Waals surface area contributed by atoms with Crippen molar-refractivity contribution in [2.75, 3.05) is 6.61 Å². The molecular formula is C10H18O4. The van der Waals surface area contributed by atoms with E-state index in [9.17, 15) is 9.59 Å². The number of carbonyl (C=O) groups excluding carboxylic acids is 1. The molecular weight excluding hydrogens is 184 g/mol. The predicted octanol–water partition coefficient (Wildman–Crippen LogP) is 1.97. The maximum Gasteiger partial charge on any atom is 0.305 e. The Kier molecular flexibility index (Phi) is 7.89. The second-order valence-corrected chi connectivity index (χ2v) is 3.11. The standard InChI is InChI=1S/C10H18O4/c1-2-14-10(13)8-6-4-3-5-7-9(11)12/h2-8H2,1H3,(H,11,12). The van der Waals surface area contributed by atoms with Crippen molar-refractivity contribution in [2.24, 2.45) is 0 Å². The molecule has 4 heteroatoms. The van der Waals surface area contributed by atoms with Gasteiger partial charge in [0.15, 0.2) is 0 Å². The van der Waals surface area contributed by atoms with Crippen LogP contribution in [0.3, 0.4) is 0 Å². The van der Waals surface area contributed by atoms with E-state index in [2.05, 4.69) is 0 Å². The van der Waals surface area contributed by atoms with E-state index in [1.165, 1.54) is 0 Å². The Morgan fingerprint density at radius 2 is 1.64 bits per heavy atom. The average Bonchev–Trinajstić information content (AvgIpc) is 2.11. The van der Waals surface area contributed by atoms with E-state index in [1.807, 2.05) is 0 Å². The van der Waals surface area contributed by atoms with Gasteiger partial charge >= 0.3 is 11.9 Å². The Morgan fingerprint density at radius 1 is 1.07 bits per heavy atom. The molecule has 14 heavy (non-hydrogen) atoms. The predicted molar refractivity (Wildman–Crippen MR) is 52.0 cm³/mol. The number of rotatable bonds is 8. The Morgan fingerprint density at radius 3 is 2.14 bits per heavy atom. The highest BCUT2D eigenvalue weighted by Gasteiger charge is 2.01. The van der Waals surface area contributed by atoms with E-state index in [-0.39, 0.29) is 12.4 Å². The summed E-state index contributed by atoms with van der Waals surface area (Å²) in [6.07, 6.45) is 3.91. The Balaban J connectivity index is 3.13. The lowest BCUT2D eigenvalue weighted by Gasteiger charge is -2.01. The molecule has 0 fully saturated rings. The Labute approximate surface area is 84.3 Å². The zero-order chi connectivity index (χ0) is 10.8. The summed E-state index contributed by atoms with van der Waals surface area (Å²) in [6.45, 7) is 2.21. The molecule has 0 rings (SSSR count). The molecule has 0 saturated carbocycles. The summed E-state index contributed by atoms with van der Waals surface area (Å²) in [5.74, 6) is -0.916. The third-order valence-electron chi connectivity index (χ3n) is 1.83. The van der Waals surface area contributed by atoms with Crippen LogP contribution in [0.5, 0.6) is 0 Å². The first-order chi connectivity index (χ1) is 6.66. The third-order valence-corrected chi connectivity index (χ3v) is 1.83. The van der Waals surface area contributed by atoms with Crippen LogP contribution in [0.4, 0.5) is 0 Å². The molecule has 0 aromatic heterocycles. The quantitative estimate of drug-likeness (QED) is 0.483. The van der Waals surface area contributed by atoms with Crippen molar-refractivity contribution in [1.82, 2.24) is 0 Å². The number of ether oxygens (including phenoxy) is 1. The first kappa shape index (κ1) is 12.9. The van der Waals surface area contributed by atoms with Crippen molar-refractivity contribution < 1.29 is 19.4 Å². The SMILES string of the molecule is CCOC(=O)CCCCCCC(=O)O. The number of aliphatic carboxylic acids is 1. The number of carboxylic acid groups (broad SMARTS) is 1. The summed E-state index contributed by atoms with van der Waals surface area (Å²) in [6, 6.07) is 0. The highest BCUT2D eigenvalue weighted by atomic mass is 16.5. The second-order valence-electron chi connectivity index (χ2n) is 3.11. The van der Waals surface area contributed by atoms with Gasteiger partial charge in [-0.1, -0.05) is 12.8 Å². The van der Waals surface area contributed by atoms with Crippen LogP contribution < -0.4 is 0 Å². The number of esters is 1. The fraction of sp³-hybridized carbons (Fsp3) is 0.800. The molecule has 4 nitrogen and oxygen atoms in total. The van der Waals surface area contributed by atoms with Crippen molar-refractivity contribution in [3.8, 4) is 0 Å². The molecule has 0 atom stereocenters. The number of carbonyl (C=O) groups is 2. The number of carboxylic acids is 1. The first-order valence-corrected chi connectivity index (χ1v) is 5.04. The summed E-state index contributed by atoms with van der Waals surface area (Å²) in [7, 11) is 0. The van der Waals surface area contributed by atoms with Gasteiger partial charge in [0.1, 0.15) is 0 Å². The molecule has 82 valence electrons. The first-order valence-electron chi connectivity index (χ1n) is 5.04. The van der Waals surface area contributed by atoms with Gasteiger partial charge in [0.05, 0.1) is 6.61 Å². The number of unbranched alkanes of at least 4 members (excludes halogenated alkanes) is 3. The van der Waals surface area contributed by atoms with Gasteiger partial charge in [-0.15, -0.1) is 0 Å². The molecule has 0 heterocycles. The van der Waals surface area contributed by atoms with Crippen molar-refractivity contribution in [1.29, 1.82) is 0 Å². The normalized spacial score (nSPS) is 9.79. The van der Waals surface area contributed by atoms with Gasteiger partial charge < -0.3 is 9.84 Å². The fourth-order valence-electron chi connectivity index (χ4n) is 1.13. The van der Waals surface area contributed by atoms with Crippen LogP contribution in [0.2, 0.25) is 0 Å². The monoisotopic (exact) mass is 202 g/mol. The molecule has 0 aliphatic rings. The van der Waals surface area contributed by atoms with Crippen LogP contribution in [0.25, 0.3) is 0 Å². The van der Waals surface area contributed by atoms with Gasteiger partial charge in [0.25, 0.3) is 0 Å². The maximum absolute atomic E-state index is 10.9. The lowest BCUT2D eigenvalue weighted by Crippen LogP contribution is -2.03. The van der Waals surface area contributed by atoms with Crippen LogP contribution in [-0.2, 0) is 14.3 Å². The summed E-state index contributed by atoms with van der Waals surface area (Å²) < 4.78 is 4.75. The van der Waals surface area contributed by atoms with Gasteiger partial charge in [0.2, 0.25) is 0 Å². The largest absolute Gasteiger partial charge is 0.481 e. The summed E-state index contributed by atoms with van der Waals surface area (Å²) in [4.78, 5) is 21.0. The van der Waals surface area contributed by atoms with Crippen molar-refractivity contribution in [3.05, 3.63) is 0 Å². The molecule has 0 saturated heterocycles. The fourth-order valence-corrected chi connectivity index (χ4v) is 1.13. The Bertz CT molecular complexity index is 177. The van der Waals surface area contributed by atoms with E-state index in [0.29, 0.717) is 19.4 Å². The number of hydrogen-bond donors (Lipinski definition) is 1. The van der Waals surface area contributed by atoms with Crippen LogP contribution in [0.15, 0.2) is 0 Å². The van der Waals surface area contributed by atoms with Crippen LogP contribution in [0, 0.1) is 0 Å². The van der Waals surface area contributed by atoms with Gasteiger partial charge in [-0.05, 0) is 19.8 Å². The Hall–Kier alpha value is -1.06. The lowest BCUT2D eigenvalue weighted by atomic mass is 10.1. The molecule has 0 spiro atoms. The van der Waals surface area contributed by atoms with Gasteiger partial charge in [-0.25, -0.2) is 0 Å². The molecule has 0 aromatic carbocycles. The molecule has 0 radical (unpaired) electrons. The minimum Gasteiger partial charge on any atom is -0.481 e. The summed E-state index contributed by atoms with van der Waals surface area (Å²) in [5.41, 5.74) is 0. The summed E-state index contributed by atoms with van der Waals surface area (Å²) >= 11 is 0. The van der Waals surface area contributed by atoms with Gasteiger partial charge in [-0.2, -0.15) is 0 Å². The zero-order valence-electron chi connectivity index (χ0n) is 8.62. The van der Waals surface area contributed by atoms with Crippen LogP contribution >= 0.6 is 0 Å². The van der Waals surface area contributed by atoms with E-state index in [0.717, 1.165) is 19.3 Å². The minimum atomic E-state index is -0.754. The maximum atomic E-state index is 10.9.